The fourth-order valence-electron chi connectivity index (χ4n) is 1.36. The van der Waals surface area contributed by atoms with Crippen LogP contribution in [0.4, 0.5) is 5.69 Å². The molecule has 0 aliphatic heterocycles. The van der Waals surface area contributed by atoms with E-state index in [9.17, 15) is 4.79 Å². The first-order chi connectivity index (χ1) is 8.17. The third-order valence-electron chi connectivity index (χ3n) is 2.18. The molecule has 0 spiro atoms. The lowest BCUT2D eigenvalue weighted by molar-refractivity contribution is -0.139. The van der Waals surface area contributed by atoms with Gasteiger partial charge in [-0.05, 0) is 17.7 Å². The third-order valence-corrected chi connectivity index (χ3v) is 2.88. The van der Waals surface area contributed by atoms with Crippen LogP contribution in [0.3, 0.4) is 0 Å². The molecule has 1 aromatic rings. The Morgan fingerprint density at radius 2 is 2.24 bits per heavy atom. The smallest absolute Gasteiger partial charge is 0.321 e. The summed E-state index contributed by atoms with van der Waals surface area (Å²) >= 11 is 3.25. The maximum Gasteiger partial charge on any atom is 0.321 e. The summed E-state index contributed by atoms with van der Waals surface area (Å²) in [6, 6.07) is 7.86. The Balaban J connectivity index is 2.51. The van der Waals surface area contributed by atoms with Gasteiger partial charge in [0.15, 0.2) is 0 Å². The number of methoxy groups -OCH3 is 2. The average molecular weight is 302 g/mol. The fourth-order valence-corrected chi connectivity index (χ4v) is 1.71. The number of halogens is 1. The van der Waals surface area contributed by atoms with E-state index >= 15 is 0 Å². The van der Waals surface area contributed by atoms with Crippen LogP contribution < -0.4 is 5.32 Å². The highest BCUT2D eigenvalue weighted by atomic mass is 79.9. The Morgan fingerprint density at radius 1 is 1.47 bits per heavy atom. The topological polar surface area (TPSA) is 47.6 Å². The van der Waals surface area contributed by atoms with Crippen molar-refractivity contribution in [2.24, 2.45) is 0 Å². The largest absolute Gasteiger partial charge is 0.468 e. The fraction of sp³-hybridized carbons (Fsp3) is 0.417. The average Bonchev–Trinajstić information content (AvgIpc) is 2.36. The molecule has 0 saturated heterocycles. The Bertz CT molecular complexity index is 371. The molecule has 94 valence electrons. The van der Waals surface area contributed by atoms with Crippen molar-refractivity contribution in [3.05, 3.63) is 29.8 Å². The Kier molecular flexibility index (Phi) is 6.00. The molecule has 1 unspecified atom stereocenters. The molecule has 0 amide bonds. The number of carbonyl (C=O) groups is 1. The van der Waals surface area contributed by atoms with Crippen LogP contribution in [0.15, 0.2) is 24.3 Å². The van der Waals surface area contributed by atoms with Gasteiger partial charge in [-0.25, -0.2) is 0 Å². The number of hydrogen-bond donors (Lipinski definition) is 1. The van der Waals surface area contributed by atoms with Gasteiger partial charge in [-0.2, -0.15) is 0 Å². The second-order valence-corrected chi connectivity index (χ2v) is 4.61. The molecule has 0 heterocycles. The van der Waals surface area contributed by atoms with Gasteiger partial charge >= 0.3 is 5.97 Å². The molecule has 1 atom stereocenters. The van der Waals surface area contributed by atoms with E-state index in [0.29, 0.717) is 13.2 Å². The predicted molar refractivity (Wildman–Crippen MR) is 70.4 cm³/mol. The number of rotatable bonds is 6. The van der Waals surface area contributed by atoms with Gasteiger partial charge in [0.2, 0.25) is 0 Å². The van der Waals surface area contributed by atoms with Crippen molar-refractivity contribution >= 4 is 27.6 Å². The summed E-state index contributed by atoms with van der Waals surface area (Å²) in [6.45, 7) is 1.05. The highest BCUT2D eigenvalue weighted by Crippen LogP contribution is 2.12. The van der Waals surface area contributed by atoms with Crippen LogP contribution in [0.5, 0.6) is 0 Å². The quantitative estimate of drug-likeness (QED) is 0.646. The lowest BCUT2D eigenvalue weighted by Crippen LogP contribution is -2.24. The van der Waals surface area contributed by atoms with Crippen LogP contribution >= 0.6 is 15.9 Å². The standard InChI is InChI=1S/C12H16BrNO3/c1-16-8-9-4-3-5-10(6-9)14-7-11(13)12(15)17-2/h3-6,11,14H,7-8H2,1-2H3. The van der Waals surface area contributed by atoms with Gasteiger partial charge in [0, 0.05) is 19.3 Å². The second kappa shape index (κ2) is 7.29. The summed E-state index contributed by atoms with van der Waals surface area (Å²) in [7, 11) is 3.03. The molecule has 5 heteroatoms. The van der Waals surface area contributed by atoms with Crippen LogP contribution in [0.1, 0.15) is 5.56 Å². The minimum absolute atomic E-state index is 0.287. The van der Waals surface area contributed by atoms with Crippen molar-refractivity contribution in [3.8, 4) is 0 Å². The van der Waals surface area contributed by atoms with Crippen molar-refractivity contribution in [2.75, 3.05) is 26.1 Å². The van der Waals surface area contributed by atoms with Gasteiger partial charge in [-0.3, -0.25) is 4.79 Å². The highest BCUT2D eigenvalue weighted by Gasteiger charge is 2.14. The second-order valence-electron chi connectivity index (χ2n) is 3.50. The van der Waals surface area contributed by atoms with Gasteiger partial charge in [0.05, 0.1) is 13.7 Å². The summed E-state index contributed by atoms with van der Waals surface area (Å²) in [5, 5.41) is 3.16. The lowest BCUT2D eigenvalue weighted by Gasteiger charge is -2.11. The SMILES string of the molecule is COCc1cccc(NCC(Br)C(=O)OC)c1. The molecule has 0 aliphatic rings. The molecule has 17 heavy (non-hydrogen) atoms. The van der Waals surface area contributed by atoms with E-state index in [4.69, 9.17) is 4.74 Å². The van der Waals surface area contributed by atoms with Gasteiger partial charge in [-0.1, -0.05) is 28.1 Å². The van der Waals surface area contributed by atoms with E-state index in [2.05, 4.69) is 26.0 Å². The zero-order valence-corrected chi connectivity index (χ0v) is 11.5. The van der Waals surface area contributed by atoms with Crippen LogP contribution in [0.25, 0.3) is 0 Å². The molecule has 0 radical (unpaired) electrons. The first kappa shape index (κ1) is 14.0. The van der Waals surface area contributed by atoms with Gasteiger partial charge in [0.25, 0.3) is 0 Å². The van der Waals surface area contributed by atoms with Crippen molar-refractivity contribution in [3.63, 3.8) is 0 Å². The zero-order valence-electron chi connectivity index (χ0n) is 9.90. The highest BCUT2D eigenvalue weighted by molar-refractivity contribution is 9.10. The van der Waals surface area contributed by atoms with Crippen molar-refractivity contribution in [1.82, 2.24) is 0 Å². The predicted octanol–water partition coefficient (Wildman–Crippen LogP) is 2.18. The maximum absolute atomic E-state index is 11.2. The summed E-state index contributed by atoms with van der Waals surface area (Å²) in [5.74, 6) is -0.287. The van der Waals surface area contributed by atoms with Crippen LogP contribution in [-0.4, -0.2) is 31.6 Å². The van der Waals surface area contributed by atoms with Gasteiger partial charge in [-0.15, -0.1) is 0 Å². The number of ether oxygens (including phenoxy) is 2. The number of carbonyl (C=O) groups excluding carboxylic acids is 1. The molecule has 0 saturated carbocycles. The van der Waals surface area contributed by atoms with E-state index < -0.39 is 0 Å². The monoisotopic (exact) mass is 301 g/mol. The molecule has 1 aromatic carbocycles. The molecular weight excluding hydrogens is 286 g/mol. The van der Waals surface area contributed by atoms with Crippen molar-refractivity contribution < 1.29 is 14.3 Å². The molecule has 4 nitrogen and oxygen atoms in total. The van der Waals surface area contributed by atoms with E-state index in [-0.39, 0.29) is 10.8 Å². The summed E-state index contributed by atoms with van der Waals surface area (Å²) in [4.78, 5) is 10.8. The van der Waals surface area contributed by atoms with Gasteiger partial charge < -0.3 is 14.8 Å². The molecule has 1 N–H and O–H groups in total. The number of hydrogen-bond acceptors (Lipinski definition) is 4. The minimum atomic E-state index is -0.349. The number of esters is 1. The van der Waals surface area contributed by atoms with Crippen molar-refractivity contribution in [2.45, 2.75) is 11.4 Å². The van der Waals surface area contributed by atoms with E-state index in [0.717, 1.165) is 11.3 Å². The number of anilines is 1. The molecule has 0 fully saturated rings. The lowest BCUT2D eigenvalue weighted by atomic mass is 10.2. The maximum atomic E-state index is 11.2. The number of alkyl halides is 1. The molecular formula is C12H16BrNO3. The van der Waals surface area contributed by atoms with E-state index in [1.807, 2.05) is 24.3 Å². The molecule has 1 rings (SSSR count). The Hall–Kier alpha value is -1.07. The number of benzene rings is 1. The van der Waals surface area contributed by atoms with Crippen LogP contribution in [-0.2, 0) is 20.9 Å². The number of nitrogens with one attached hydrogen (secondary N) is 1. The van der Waals surface area contributed by atoms with Gasteiger partial charge in [0.1, 0.15) is 4.83 Å². The summed E-state index contributed by atoms with van der Waals surface area (Å²) in [5.41, 5.74) is 2.04. The van der Waals surface area contributed by atoms with Crippen LogP contribution in [0, 0.1) is 0 Å². The minimum Gasteiger partial charge on any atom is -0.468 e. The summed E-state index contributed by atoms with van der Waals surface area (Å²) < 4.78 is 9.67. The normalized spacial score (nSPS) is 11.9. The van der Waals surface area contributed by atoms with E-state index in [1.165, 1.54) is 7.11 Å². The zero-order chi connectivity index (χ0) is 12.7. The Morgan fingerprint density at radius 3 is 2.88 bits per heavy atom. The molecule has 0 aliphatic carbocycles. The van der Waals surface area contributed by atoms with Crippen LogP contribution in [0.2, 0.25) is 0 Å². The third kappa shape index (κ3) is 4.75. The first-order valence-electron chi connectivity index (χ1n) is 5.21. The Labute approximate surface area is 109 Å². The van der Waals surface area contributed by atoms with Crippen molar-refractivity contribution in [1.29, 1.82) is 0 Å². The van der Waals surface area contributed by atoms with E-state index in [1.54, 1.807) is 7.11 Å². The first-order valence-corrected chi connectivity index (χ1v) is 6.12. The molecule has 0 aromatic heterocycles. The summed E-state index contributed by atoms with van der Waals surface area (Å²) in [6.07, 6.45) is 0. The molecule has 0 bridgehead atoms.